The molecule has 1 aliphatic carbocycles. The Bertz CT molecular complexity index is 973. The van der Waals surface area contributed by atoms with Crippen molar-refractivity contribution in [2.75, 3.05) is 38.7 Å². The molecule has 1 N–H and O–H groups in total. The number of hydrogen-bond donors (Lipinski definition) is 1. The van der Waals surface area contributed by atoms with Crippen LogP contribution in [0.2, 0.25) is 0 Å². The minimum atomic E-state index is 0. The Kier molecular flexibility index (Phi) is 8.81. The third kappa shape index (κ3) is 5.90. The quantitative estimate of drug-likeness (QED) is 0.328. The SMILES string of the molecule is CN=C(NCc1cccc(OC)c1OC1CCCC1)N1CCN(c2cnn(C)c2)C(=O)C1.I. The van der Waals surface area contributed by atoms with E-state index in [0.29, 0.717) is 25.6 Å². The molecule has 1 saturated carbocycles. The largest absolute Gasteiger partial charge is 0.493 e. The number of ether oxygens (including phenoxy) is 2. The van der Waals surface area contributed by atoms with E-state index in [9.17, 15) is 4.79 Å². The second-order valence-corrected chi connectivity index (χ2v) is 8.21. The fraction of sp³-hybridized carbons (Fsp3) is 0.522. The predicted octanol–water partition coefficient (Wildman–Crippen LogP) is 2.79. The van der Waals surface area contributed by atoms with Gasteiger partial charge in [-0.1, -0.05) is 12.1 Å². The van der Waals surface area contributed by atoms with Gasteiger partial charge in [-0.15, -0.1) is 24.0 Å². The maximum absolute atomic E-state index is 12.8. The van der Waals surface area contributed by atoms with Gasteiger partial charge in [0.15, 0.2) is 17.5 Å². The molecule has 0 radical (unpaired) electrons. The summed E-state index contributed by atoms with van der Waals surface area (Å²) in [7, 11) is 5.25. The number of benzene rings is 1. The van der Waals surface area contributed by atoms with Crippen LogP contribution >= 0.6 is 24.0 Å². The van der Waals surface area contributed by atoms with Crippen molar-refractivity contribution >= 4 is 41.5 Å². The molecule has 1 aliphatic heterocycles. The number of carbonyl (C=O) groups excluding carboxylic acids is 1. The number of amides is 1. The Balaban J connectivity index is 0.00000306. The normalized spacial score (nSPS) is 17.2. The van der Waals surface area contributed by atoms with Gasteiger partial charge in [0.25, 0.3) is 0 Å². The van der Waals surface area contributed by atoms with E-state index in [1.807, 2.05) is 36.3 Å². The summed E-state index contributed by atoms with van der Waals surface area (Å²) >= 11 is 0. The molecule has 4 rings (SSSR count). The topological polar surface area (TPSA) is 84.2 Å². The molecule has 1 aromatic heterocycles. The average Bonchev–Trinajstić information content (AvgIpc) is 3.47. The lowest BCUT2D eigenvalue weighted by molar-refractivity contribution is -0.120. The molecular weight excluding hydrogens is 535 g/mol. The highest BCUT2D eigenvalue weighted by Crippen LogP contribution is 2.34. The molecule has 1 amide bonds. The molecule has 10 heteroatoms. The van der Waals surface area contributed by atoms with Crippen LogP contribution in [-0.4, -0.2) is 66.4 Å². The van der Waals surface area contributed by atoms with Crippen LogP contribution in [0, 0.1) is 0 Å². The molecular formula is C23H33IN6O3. The number of nitrogens with one attached hydrogen (secondary N) is 1. The lowest BCUT2D eigenvalue weighted by Crippen LogP contribution is -2.55. The molecule has 9 nitrogen and oxygen atoms in total. The summed E-state index contributed by atoms with van der Waals surface area (Å²) in [5.41, 5.74) is 1.84. The number of guanidine groups is 1. The number of aliphatic imine (C=N–C) groups is 1. The Morgan fingerprint density at radius 2 is 2.06 bits per heavy atom. The number of anilines is 1. The molecule has 180 valence electrons. The van der Waals surface area contributed by atoms with Gasteiger partial charge in [0.1, 0.15) is 6.54 Å². The second-order valence-electron chi connectivity index (χ2n) is 8.21. The summed E-state index contributed by atoms with van der Waals surface area (Å²) < 4.78 is 13.6. The first-order valence-corrected chi connectivity index (χ1v) is 11.2. The zero-order valence-corrected chi connectivity index (χ0v) is 21.8. The van der Waals surface area contributed by atoms with E-state index in [1.54, 1.807) is 29.9 Å². The predicted molar refractivity (Wildman–Crippen MR) is 139 cm³/mol. The Morgan fingerprint density at radius 1 is 1.27 bits per heavy atom. The van der Waals surface area contributed by atoms with Crippen molar-refractivity contribution in [2.24, 2.45) is 12.0 Å². The molecule has 33 heavy (non-hydrogen) atoms. The molecule has 0 bridgehead atoms. The first-order valence-electron chi connectivity index (χ1n) is 11.2. The van der Waals surface area contributed by atoms with E-state index in [2.05, 4.69) is 15.4 Å². The van der Waals surface area contributed by atoms with E-state index in [0.717, 1.165) is 35.6 Å². The van der Waals surface area contributed by atoms with E-state index in [4.69, 9.17) is 9.47 Å². The van der Waals surface area contributed by atoms with Gasteiger partial charge in [0.05, 0.1) is 25.1 Å². The van der Waals surface area contributed by atoms with Gasteiger partial charge in [-0.2, -0.15) is 5.10 Å². The minimum absolute atomic E-state index is 0. The molecule has 2 aliphatic rings. The lowest BCUT2D eigenvalue weighted by atomic mass is 10.1. The first-order chi connectivity index (χ1) is 15.6. The van der Waals surface area contributed by atoms with Crippen LogP contribution in [-0.2, 0) is 18.4 Å². The van der Waals surface area contributed by atoms with Gasteiger partial charge >= 0.3 is 0 Å². The van der Waals surface area contributed by atoms with Gasteiger partial charge < -0.3 is 24.6 Å². The average molecular weight is 568 g/mol. The maximum atomic E-state index is 12.8. The molecule has 2 aromatic rings. The van der Waals surface area contributed by atoms with Crippen LogP contribution in [0.1, 0.15) is 31.2 Å². The van der Waals surface area contributed by atoms with Crippen molar-refractivity contribution in [3.05, 3.63) is 36.2 Å². The molecule has 2 heterocycles. The van der Waals surface area contributed by atoms with Crippen LogP contribution in [0.4, 0.5) is 5.69 Å². The number of methoxy groups -OCH3 is 1. The van der Waals surface area contributed by atoms with Gasteiger partial charge in [-0.3, -0.25) is 14.5 Å². The summed E-state index contributed by atoms with van der Waals surface area (Å²) in [6.45, 7) is 2.06. The monoisotopic (exact) mass is 568 g/mol. The number of hydrogen-bond acceptors (Lipinski definition) is 5. The zero-order valence-electron chi connectivity index (χ0n) is 19.5. The van der Waals surface area contributed by atoms with Gasteiger partial charge in [-0.05, 0) is 31.7 Å². The van der Waals surface area contributed by atoms with Crippen LogP contribution in [0.3, 0.4) is 0 Å². The highest BCUT2D eigenvalue weighted by Gasteiger charge is 2.28. The fourth-order valence-electron chi connectivity index (χ4n) is 4.35. The maximum Gasteiger partial charge on any atom is 0.246 e. The third-order valence-corrected chi connectivity index (χ3v) is 6.04. The number of para-hydroxylation sites is 1. The lowest BCUT2D eigenvalue weighted by Gasteiger charge is -2.35. The third-order valence-electron chi connectivity index (χ3n) is 6.04. The molecule has 2 fully saturated rings. The molecule has 0 atom stereocenters. The zero-order chi connectivity index (χ0) is 22.5. The highest BCUT2D eigenvalue weighted by molar-refractivity contribution is 14.0. The summed E-state index contributed by atoms with van der Waals surface area (Å²) in [4.78, 5) is 20.9. The van der Waals surface area contributed by atoms with E-state index >= 15 is 0 Å². The summed E-state index contributed by atoms with van der Waals surface area (Å²) in [5, 5.41) is 7.57. The standard InChI is InChI=1S/C23H32N6O3.HI/c1-24-23(28-11-12-29(21(30)16-28)18-14-26-27(2)15-18)25-13-17-7-6-10-20(31-3)22(17)32-19-8-4-5-9-19;/h6-7,10,14-15,19H,4-5,8-9,11-13,16H2,1-3H3,(H,24,25);1H. The number of rotatable bonds is 6. The van der Waals surface area contributed by atoms with Crippen LogP contribution in [0.15, 0.2) is 35.6 Å². The Hall–Kier alpha value is -2.50. The number of halogens is 1. The van der Waals surface area contributed by atoms with Crippen molar-refractivity contribution in [3.63, 3.8) is 0 Å². The minimum Gasteiger partial charge on any atom is -0.493 e. The number of piperazine rings is 1. The van der Waals surface area contributed by atoms with Gasteiger partial charge in [0, 0.05) is 45.5 Å². The van der Waals surface area contributed by atoms with Crippen molar-refractivity contribution in [2.45, 2.75) is 38.3 Å². The molecule has 1 saturated heterocycles. The van der Waals surface area contributed by atoms with Crippen molar-refractivity contribution in [3.8, 4) is 11.5 Å². The van der Waals surface area contributed by atoms with Crippen molar-refractivity contribution in [1.29, 1.82) is 0 Å². The van der Waals surface area contributed by atoms with E-state index < -0.39 is 0 Å². The van der Waals surface area contributed by atoms with Crippen molar-refractivity contribution < 1.29 is 14.3 Å². The van der Waals surface area contributed by atoms with E-state index in [1.165, 1.54) is 12.8 Å². The van der Waals surface area contributed by atoms with Gasteiger partial charge in [-0.25, -0.2) is 0 Å². The van der Waals surface area contributed by atoms with E-state index in [-0.39, 0.29) is 42.5 Å². The second kappa shape index (κ2) is 11.6. The summed E-state index contributed by atoms with van der Waals surface area (Å²) in [6, 6.07) is 5.94. The van der Waals surface area contributed by atoms with Crippen LogP contribution in [0.25, 0.3) is 0 Å². The first kappa shape index (κ1) is 25.1. The number of aromatic nitrogens is 2. The molecule has 0 spiro atoms. The Morgan fingerprint density at radius 3 is 2.70 bits per heavy atom. The fourth-order valence-corrected chi connectivity index (χ4v) is 4.35. The number of nitrogens with zero attached hydrogens (tertiary/aromatic N) is 5. The van der Waals surface area contributed by atoms with Crippen LogP contribution < -0.4 is 19.7 Å². The van der Waals surface area contributed by atoms with Crippen molar-refractivity contribution in [1.82, 2.24) is 20.0 Å². The summed E-state index contributed by atoms with van der Waals surface area (Å²) in [6.07, 6.45) is 8.39. The molecule has 0 unspecified atom stereocenters. The number of carbonyl (C=O) groups is 1. The Labute approximate surface area is 212 Å². The number of aryl methyl sites for hydroxylation is 1. The van der Waals surface area contributed by atoms with Gasteiger partial charge in [0.2, 0.25) is 5.91 Å². The highest BCUT2D eigenvalue weighted by atomic mass is 127. The smallest absolute Gasteiger partial charge is 0.246 e. The van der Waals surface area contributed by atoms with Crippen LogP contribution in [0.5, 0.6) is 11.5 Å². The molecule has 1 aromatic carbocycles. The summed E-state index contributed by atoms with van der Waals surface area (Å²) in [5.74, 6) is 2.26.